The van der Waals surface area contributed by atoms with Crippen LogP contribution >= 0.6 is 11.6 Å². The molecule has 7 nitrogen and oxygen atoms in total. The number of halogens is 1. The summed E-state index contributed by atoms with van der Waals surface area (Å²) in [6.45, 7) is 0.817. The van der Waals surface area contributed by atoms with Crippen LogP contribution in [-0.2, 0) is 20.0 Å². The van der Waals surface area contributed by atoms with Gasteiger partial charge in [0.05, 0.1) is 22.8 Å². The Labute approximate surface area is 148 Å². The summed E-state index contributed by atoms with van der Waals surface area (Å²) in [7, 11) is -5.85. The smallest absolute Gasteiger partial charge is 0.240 e. The number of sulfonamides is 2. The monoisotopic (exact) mass is 396 g/mol. The van der Waals surface area contributed by atoms with Gasteiger partial charge in [-0.15, -0.1) is 0 Å². The summed E-state index contributed by atoms with van der Waals surface area (Å²) < 4.78 is 57.6. The predicted octanol–water partition coefficient (Wildman–Crippen LogP) is 1.44. The molecule has 136 valence electrons. The Bertz CT molecular complexity index is 774. The van der Waals surface area contributed by atoms with Crippen LogP contribution in [0.5, 0.6) is 5.75 Å². The number of hydrogen-bond donors (Lipinski definition) is 1. The third-order valence-corrected chi connectivity index (χ3v) is 7.42. The van der Waals surface area contributed by atoms with Crippen LogP contribution in [0.1, 0.15) is 19.3 Å². The van der Waals surface area contributed by atoms with E-state index in [1.165, 1.54) is 29.6 Å². The standard InChI is InChI=1S/C14H21ClN2O5S2/c1-22-14-6-5-12(11-13(14)15)24(20,21)16-7-10-23(18,19)17-8-3-2-4-9-17/h5-6,11,16H,2-4,7-10H2,1H3. The molecule has 0 saturated carbocycles. The second-order valence-electron chi connectivity index (χ2n) is 5.47. The summed E-state index contributed by atoms with van der Waals surface area (Å²) in [4.78, 5) is -0.0383. The van der Waals surface area contributed by atoms with E-state index in [9.17, 15) is 16.8 Å². The van der Waals surface area contributed by atoms with Crippen molar-refractivity contribution in [3.05, 3.63) is 23.2 Å². The van der Waals surface area contributed by atoms with Crippen LogP contribution in [0, 0.1) is 0 Å². The molecule has 1 N–H and O–H groups in total. The summed E-state index contributed by atoms with van der Waals surface area (Å²) in [5.41, 5.74) is 0. The molecule has 0 bridgehead atoms. The van der Waals surface area contributed by atoms with Gasteiger partial charge in [0.1, 0.15) is 5.75 Å². The molecule has 1 fully saturated rings. The summed E-state index contributed by atoms with van der Waals surface area (Å²) >= 11 is 5.92. The number of nitrogens with one attached hydrogen (secondary N) is 1. The van der Waals surface area contributed by atoms with Crippen molar-refractivity contribution in [1.82, 2.24) is 9.03 Å². The fourth-order valence-corrected chi connectivity index (χ4v) is 5.42. The van der Waals surface area contributed by atoms with Gasteiger partial charge in [0.25, 0.3) is 0 Å². The van der Waals surface area contributed by atoms with Gasteiger partial charge in [0, 0.05) is 19.6 Å². The lowest BCUT2D eigenvalue weighted by molar-refractivity contribution is 0.346. The van der Waals surface area contributed by atoms with E-state index >= 15 is 0 Å². The van der Waals surface area contributed by atoms with E-state index in [1.807, 2.05) is 0 Å². The van der Waals surface area contributed by atoms with Crippen molar-refractivity contribution in [1.29, 1.82) is 0 Å². The van der Waals surface area contributed by atoms with E-state index in [1.54, 1.807) is 0 Å². The van der Waals surface area contributed by atoms with Crippen LogP contribution in [0.2, 0.25) is 5.02 Å². The Morgan fingerprint density at radius 3 is 2.42 bits per heavy atom. The first-order valence-electron chi connectivity index (χ1n) is 7.57. The number of benzene rings is 1. The minimum absolute atomic E-state index is 0.0383. The lowest BCUT2D eigenvalue weighted by Gasteiger charge is -2.25. The number of methoxy groups -OCH3 is 1. The van der Waals surface area contributed by atoms with Crippen LogP contribution in [0.25, 0.3) is 0 Å². The maximum Gasteiger partial charge on any atom is 0.240 e. The SMILES string of the molecule is COc1ccc(S(=O)(=O)NCCS(=O)(=O)N2CCCCC2)cc1Cl. The quantitative estimate of drug-likeness (QED) is 0.752. The normalized spacial score (nSPS) is 16.9. The lowest BCUT2D eigenvalue weighted by Crippen LogP contribution is -2.40. The summed E-state index contributed by atoms with van der Waals surface area (Å²) in [5.74, 6) is 0.0964. The van der Waals surface area contributed by atoms with Gasteiger partial charge in [-0.3, -0.25) is 0 Å². The molecule has 0 aromatic heterocycles. The third kappa shape index (κ3) is 4.82. The number of rotatable bonds is 7. The van der Waals surface area contributed by atoms with E-state index < -0.39 is 20.0 Å². The summed E-state index contributed by atoms with van der Waals surface area (Å²) in [6, 6.07) is 4.06. The van der Waals surface area contributed by atoms with Gasteiger partial charge in [0.2, 0.25) is 20.0 Å². The first kappa shape index (κ1) is 19.5. The highest BCUT2D eigenvalue weighted by Crippen LogP contribution is 2.26. The number of hydrogen-bond acceptors (Lipinski definition) is 5. The molecule has 0 spiro atoms. The minimum Gasteiger partial charge on any atom is -0.495 e. The molecular formula is C14H21ClN2O5S2. The van der Waals surface area contributed by atoms with E-state index in [2.05, 4.69) is 4.72 Å². The first-order valence-corrected chi connectivity index (χ1v) is 11.0. The highest BCUT2D eigenvalue weighted by Gasteiger charge is 2.24. The third-order valence-electron chi connectivity index (χ3n) is 3.79. The van der Waals surface area contributed by atoms with Gasteiger partial charge < -0.3 is 4.74 Å². The fraction of sp³-hybridized carbons (Fsp3) is 0.571. The maximum absolute atomic E-state index is 12.2. The largest absolute Gasteiger partial charge is 0.495 e. The van der Waals surface area contributed by atoms with Gasteiger partial charge in [-0.05, 0) is 31.0 Å². The molecule has 1 aliphatic heterocycles. The summed E-state index contributed by atoms with van der Waals surface area (Å²) in [5, 5.41) is 0.168. The Hall–Kier alpha value is -0.870. The van der Waals surface area contributed by atoms with Crippen LogP contribution in [0.15, 0.2) is 23.1 Å². The topological polar surface area (TPSA) is 92.8 Å². The molecule has 10 heteroatoms. The van der Waals surface area contributed by atoms with Gasteiger partial charge >= 0.3 is 0 Å². The highest BCUT2D eigenvalue weighted by atomic mass is 35.5. The summed E-state index contributed by atoms with van der Waals surface area (Å²) in [6.07, 6.45) is 2.71. The van der Waals surface area contributed by atoms with Crippen LogP contribution in [0.3, 0.4) is 0 Å². The molecule has 0 amide bonds. The molecule has 1 aromatic rings. The fourth-order valence-electron chi connectivity index (χ4n) is 2.47. The van der Waals surface area contributed by atoms with Crippen molar-refractivity contribution in [3.8, 4) is 5.75 Å². The van der Waals surface area contributed by atoms with E-state index in [4.69, 9.17) is 16.3 Å². The Morgan fingerprint density at radius 2 is 1.83 bits per heavy atom. The molecule has 1 aromatic carbocycles. The molecule has 24 heavy (non-hydrogen) atoms. The lowest BCUT2D eigenvalue weighted by atomic mass is 10.2. The zero-order valence-corrected chi connectivity index (χ0v) is 15.8. The van der Waals surface area contributed by atoms with E-state index in [0.29, 0.717) is 18.8 Å². The maximum atomic E-state index is 12.2. The van der Waals surface area contributed by atoms with E-state index in [0.717, 1.165) is 19.3 Å². The average Bonchev–Trinajstić information content (AvgIpc) is 2.55. The zero-order chi connectivity index (χ0) is 17.8. The van der Waals surface area contributed by atoms with Crippen molar-refractivity contribution >= 4 is 31.6 Å². The molecular weight excluding hydrogens is 376 g/mol. The number of nitrogens with zero attached hydrogens (tertiary/aromatic N) is 1. The average molecular weight is 397 g/mol. The van der Waals surface area contributed by atoms with Crippen molar-refractivity contribution in [2.75, 3.05) is 32.5 Å². The molecule has 2 rings (SSSR count). The predicted molar refractivity (Wildman–Crippen MR) is 92.4 cm³/mol. The molecule has 1 heterocycles. The second kappa shape index (κ2) is 8.01. The van der Waals surface area contributed by atoms with Crippen LogP contribution in [-0.4, -0.2) is 53.6 Å². The minimum atomic E-state index is -3.83. The van der Waals surface area contributed by atoms with Gasteiger partial charge in [-0.25, -0.2) is 25.9 Å². The molecule has 1 saturated heterocycles. The molecule has 0 radical (unpaired) electrons. The Balaban J connectivity index is 1.98. The van der Waals surface area contributed by atoms with E-state index in [-0.39, 0.29) is 22.2 Å². The number of piperidine rings is 1. The highest BCUT2D eigenvalue weighted by molar-refractivity contribution is 7.90. The molecule has 0 atom stereocenters. The molecule has 0 unspecified atom stereocenters. The molecule has 1 aliphatic rings. The van der Waals surface area contributed by atoms with Crippen molar-refractivity contribution < 1.29 is 21.6 Å². The van der Waals surface area contributed by atoms with Crippen molar-refractivity contribution in [2.45, 2.75) is 24.2 Å². The van der Waals surface area contributed by atoms with Crippen LogP contribution in [0.4, 0.5) is 0 Å². The Morgan fingerprint density at radius 1 is 1.17 bits per heavy atom. The van der Waals surface area contributed by atoms with Crippen molar-refractivity contribution in [3.63, 3.8) is 0 Å². The number of ether oxygens (including phenoxy) is 1. The van der Waals surface area contributed by atoms with Gasteiger partial charge in [-0.1, -0.05) is 18.0 Å². The van der Waals surface area contributed by atoms with Crippen LogP contribution < -0.4 is 9.46 Å². The van der Waals surface area contributed by atoms with Crippen molar-refractivity contribution in [2.24, 2.45) is 0 Å². The van der Waals surface area contributed by atoms with Gasteiger partial charge in [0.15, 0.2) is 0 Å². The second-order valence-corrected chi connectivity index (χ2v) is 9.73. The molecule has 0 aliphatic carbocycles. The first-order chi connectivity index (χ1) is 11.3. The Kier molecular flexibility index (Phi) is 6.49. The zero-order valence-electron chi connectivity index (χ0n) is 13.4. The van der Waals surface area contributed by atoms with Gasteiger partial charge in [-0.2, -0.15) is 0 Å².